The van der Waals surface area contributed by atoms with Crippen LogP contribution in [0.3, 0.4) is 0 Å². The maximum atomic E-state index is 5.54. The van der Waals surface area contributed by atoms with Crippen LogP contribution in [0.25, 0.3) is 0 Å². The maximum Gasteiger partial charge on any atom is 0.159 e. The lowest BCUT2D eigenvalue weighted by Crippen LogP contribution is -2.26. The number of nitrogens with zero attached hydrogens (tertiary/aromatic N) is 1. The molecule has 0 aliphatic heterocycles. The van der Waals surface area contributed by atoms with Gasteiger partial charge in [-0.2, -0.15) is 0 Å². The van der Waals surface area contributed by atoms with Gasteiger partial charge < -0.3 is 14.4 Å². The van der Waals surface area contributed by atoms with Crippen LogP contribution in [0.15, 0.2) is 24.3 Å². The van der Waals surface area contributed by atoms with Crippen molar-refractivity contribution in [1.82, 2.24) is 0 Å². The van der Waals surface area contributed by atoms with Gasteiger partial charge in [0.15, 0.2) is 6.29 Å². The Labute approximate surface area is 111 Å². The van der Waals surface area contributed by atoms with Gasteiger partial charge in [-0.25, -0.2) is 0 Å². The van der Waals surface area contributed by atoms with Crippen molar-refractivity contribution in [3.63, 3.8) is 0 Å². The molecule has 1 aromatic carbocycles. The van der Waals surface area contributed by atoms with Crippen LogP contribution in [0.2, 0.25) is 0 Å². The molecule has 0 bridgehead atoms. The average molecular weight is 251 g/mol. The highest BCUT2D eigenvalue weighted by molar-refractivity contribution is 5.46. The van der Waals surface area contributed by atoms with Gasteiger partial charge >= 0.3 is 0 Å². The minimum absolute atomic E-state index is 0.0899. The molecule has 0 heterocycles. The number of rotatable bonds is 8. The van der Waals surface area contributed by atoms with Gasteiger partial charge in [0.25, 0.3) is 0 Å². The molecule has 1 aromatic rings. The number of anilines is 1. The number of hydrogen-bond acceptors (Lipinski definition) is 3. The fraction of sp³-hybridized carbons (Fsp3) is 0.600. The molecule has 0 aliphatic carbocycles. The van der Waals surface area contributed by atoms with Crippen LogP contribution in [-0.4, -0.2) is 33.1 Å². The van der Waals surface area contributed by atoms with Crippen LogP contribution < -0.4 is 4.90 Å². The molecular weight excluding hydrogens is 226 g/mol. The zero-order valence-electron chi connectivity index (χ0n) is 12.0. The van der Waals surface area contributed by atoms with Crippen molar-refractivity contribution in [3.05, 3.63) is 29.8 Å². The van der Waals surface area contributed by atoms with E-state index in [4.69, 9.17) is 9.47 Å². The molecule has 0 N–H and O–H groups in total. The summed E-state index contributed by atoms with van der Waals surface area (Å²) in [5.41, 5.74) is 2.51. The minimum Gasteiger partial charge on any atom is -0.374 e. The van der Waals surface area contributed by atoms with Crippen LogP contribution >= 0.6 is 0 Å². The molecule has 0 saturated heterocycles. The van der Waals surface area contributed by atoms with E-state index in [1.165, 1.54) is 11.3 Å². The molecular formula is C15H25NO2. The first-order valence-electron chi connectivity index (χ1n) is 6.68. The van der Waals surface area contributed by atoms with E-state index in [2.05, 4.69) is 43.1 Å². The summed E-state index contributed by atoms with van der Waals surface area (Å²) >= 11 is 0. The number of ether oxygens (including phenoxy) is 2. The summed E-state index contributed by atoms with van der Waals surface area (Å²) < 4.78 is 11.1. The van der Waals surface area contributed by atoms with Crippen molar-refractivity contribution in [1.29, 1.82) is 0 Å². The molecule has 0 radical (unpaired) electrons. The third-order valence-corrected chi connectivity index (χ3v) is 2.88. The largest absolute Gasteiger partial charge is 0.374 e. The first-order chi connectivity index (χ1) is 8.67. The minimum atomic E-state index is -0.0899. The van der Waals surface area contributed by atoms with E-state index in [0.717, 1.165) is 13.0 Å². The summed E-state index contributed by atoms with van der Waals surface area (Å²) in [5.74, 6) is 0. The van der Waals surface area contributed by atoms with Gasteiger partial charge in [0.05, 0.1) is 0 Å². The summed E-state index contributed by atoms with van der Waals surface area (Å²) in [6.45, 7) is 8.40. The monoisotopic (exact) mass is 251 g/mol. The van der Waals surface area contributed by atoms with E-state index in [0.29, 0.717) is 13.2 Å². The maximum absolute atomic E-state index is 5.54. The number of aryl methyl sites for hydroxylation is 1. The lowest BCUT2D eigenvalue weighted by molar-refractivity contribution is -0.137. The van der Waals surface area contributed by atoms with Crippen LogP contribution in [0.1, 0.15) is 25.8 Å². The Morgan fingerprint density at radius 3 is 2.11 bits per heavy atom. The second-order valence-electron chi connectivity index (χ2n) is 4.39. The highest BCUT2D eigenvalue weighted by atomic mass is 16.7. The van der Waals surface area contributed by atoms with Gasteiger partial charge in [-0.05, 0) is 32.9 Å². The Bertz CT molecular complexity index is 318. The molecule has 0 spiro atoms. The van der Waals surface area contributed by atoms with E-state index in [1.54, 1.807) is 0 Å². The van der Waals surface area contributed by atoms with Gasteiger partial charge in [-0.15, -0.1) is 0 Å². The van der Waals surface area contributed by atoms with Crippen molar-refractivity contribution < 1.29 is 9.47 Å². The second-order valence-corrected chi connectivity index (χ2v) is 4.39. The Hall–Kier alpha value is -1.06. The molecule has 3 heteroatoms. The summed E-state index contributed by atoms with van der Waals surface area (Å²) in [6, 6.07) is 8.56. The highest BCUT2D eigenvalue weighted by Gasteiger charge is 2.09. The topological polar surface area (TPSA) is 21.7 Å². The standard InChI is InChI=1S/C15H25NO2/c1-5-17-15(18-6-2)11-12-16(4)14-9-7-13(3)8-10-14/h7-10,15H,5-6,11-12H2,1-4H3. The van der Waals surface area contributed by atoms with E-state index >= 15 is 0 Å². The molecule has 3 nitrogen and oxygen atoms in total. The van der Waals surface area contributed by atoms with Crippen molar-refractivity contribution in [3.8, 4) is 0 Å². The lowest BCUT2D eigenvalue weighted by Gasteiger charge is -2.23. The Morgan fingerprint density at radius 1 is 1.06 bits per heavy atom. The van der Waals surface area contributed by atoms with Gasteiger partial charge in [0, 0.05) is 38.9 Å². The smallest absolute Gasteiger partial charge is 0.159 e. The quantitative estimate of drug-likeness (QED) is 0.662. The fourth-order valence-electron chi connectivity index (χ4n) is 1.81. The molecule has 102 valence electrons. The van der Waals surface area contributed by atoms with E-state index < -0.39 is 0 Å². The molecule has 0 atom stereocenters. The Kier molecular flexibility index (Phi) is 6.76. The molecule has 0 saturated carbocycles. The molecule has 0 unspecified atom stereocenters. The summed E-state index contributed by atoms with van der Waals surface area (Å²) in [7, 11) is 2.10. The lowest BCUT2D eigenvalue weighted by atomic mass is 10.2. The molecule has 18 heavy (non-hydrogen) atoms. The van der Waals surface area contributed by atoms with Crippen LogP contribution in [-0.2, 0) is 9.47 Å². The third-order valence-electron chi connectivity index (χ3n) is 2.88. The predicted octanol–water partition coefficient (Wildman–Crippen LogP) is 3.22. The molecule has 0 fully saturated rings. The first-order valence-corrected chi connectivity index (χ1v) is 6.68. The van der Waals surface area contributed by atoms with Gasteiger partial charge in [-0.1, -0.05) is 17.7 Å². The van der Waals surface area contributed by atoms with E-state index in [1.807, 2.05) is 13.8 Å². The fourth-order valence-corrected chi connectivity index (χ4v) is 1.81. The SMILES string of the molecule is CCOC(CCN(C)c1ccc(C)cc1)OCC. The summed E-state index contributed by atoms with van der Waals surface area (Å²) in [4.78, 5) is 2.23. The zero-order chi connectivity index (χ0) is 13.4. The second kappa shape index (κ2) is 8.11. The zero-order valence-corrected chi connectivity index (χ0v) is 12.0. The third kappa shape index (κ3) is 5.07. The van der Waals surface area contributed by atoms with Crippen LogP contribution in [0, 0.1) is 6.92 Å². The predicted molar refractivity (Wildman–Crippen MR) is 76.1 cm³/mol. The molecule has 1 rings (SSSR count). The van der Waals surface area contributed by atoms with Crippen LogP contribution in [0.4, 0.5) is 5.69 Å². The normalized spacial score (nSPS) is 10.9. The summed E-state index contributed by atoms with van der Waals surface area (Å²) in [6.07, 6.45) is 0.791. The van der Waals surface area contributed by atoms with Crippen molar-refractivity contribution in [2.45, 2.75) is 33.5 Å². The highest BCUT2D eigenvalue weighted by Crippen LogP contribution is 2.14. The number of hydrogen-bond donors (Lipinski definition) is 0. The molecule has 0 aromatic heterocycles. The van der Waals surface area contributed by atoms with E-state index in [9.17, 15) is 0 Å². The average Bonchev–Trinajstić information content (AvgIpc) is 2.37. The summed E-state index contributed by atoms with van der Waals surface area (Å²) in [5, 5.41) is 0. The van der Waals surface area contributed by atoms with Gasteiger partial charge in [0.1, 0.15) is 0 Å². The van der Waals surface area contributed by atoms with Crippen molar-refractivity contribution in [2.24, 2.45) is 0 Å². The van der Waals surface area contributed by atoms with Crippen molar-refractivity contribution in [2.75, 3.05) is 31.7 Å². The van der Waals surface area contributed by atoms with E-state index in [-0.39, 0.29) is 6.29 Å². The van der Waals surface area contributed by atoms with Crippen molar-refractivity contribution >= 4 is 5.69 Å². The Balaban J connectivity index is 2.43. The molecule has 0 aliphatic rings. The Morgan fingerprint density at radius 2 is 1.61 bits per heavy atom. The molecule has 0 amide bonds. The van der Waals surface area contributed by atoms with Gasteiger partial charge in [-0.3, -0.25) is 0 Å². The first kappa shape index (κ1) is 15.0. The van der Waals surface area contributed by atoms with Crippen LogP contribution in [0.5, 0.6) is 0 Å². The number of benzene rings is 1. The van der Waals surface area contributed by atoms with Gasteiger partial charge in [0.2, 0.25) is 0 Å².